The van der Waals surface area contributed by atoms with Crippen LogP contribution < -0.4 is 19.5 Å². The summed E-state index contributed by atoms with van der Waals surface area (Å²) in [5.41, 5.74) is 2.54. The van der Waals surface area contributed by atoms with E-state index in [-0.39, 0.29) is 24.2 Å². The average Bonchev–Trinajstić information content (AvgIpc) is 3.28. The molecular formula is C26H33N3O4. The number of aromatic hydroxyl groups is 1. The number of nitrogens with one attached hydrogen (secondary N) is 1. The lowest BCUT2D eigenvalue weighted by Crippen LogP contribution is -2.56. The molecule has 3 heterocycles. The number of piperidine rings is 1. The molecule has 33 heavy (non-hydrogen) atoms. The van der Waals surface area contributed by atoms with E-state index in [1.165, 1.54) is 0 Å². The summed E-state index contributed by atoms with van der Waals surface area (Å²) in [5, 5.41) is 14.8. The van der Waals surface area contributed by atoms with Crippen molar-refractivity contribution in [1.82, 2.24) is 10.2 Å². The van der Waals surface area contributed by atoms with Gasteiger partial charge in [0, 0.05) is 42.9 Å². The van der Waals surface area contributed by atoms with Gasteiger partial charge in [0.15, 0.2) is 23.0 Å². The number of aliphatic imine (C=N–C) groups is 1. The van der Waals surface area contributed by atoms with Gasteiger partial charge in [0.25, 0.3) is 0 Å². The van der Waals surface area contributed by atoms with E-state index in [2.05, 4.69) is 30.1 Å². The van der Waals surface area contributed by atoms with Crippen LogP contribution in [0.15, 0.2) is 41.4 Å². The zero-order valence-corrected chi connectivity index (χ0v) is 19.6. The third-order valence-electron chi connectivity index (χ3n) is 6.96. The van der Waals surface area contributed by atoms with Gasteiger partial charge in [-0.05, 0) is 63.4 Å². The quantitative estimate of drug-likeness (QED) is 0.708. The molecule has 0 bridgehead atoms. The molecule has 5 rings (SSSR count). The molecular weight excluding hydrogens is 418 g/mol. The number of phenolic OH excluding ortho intramolecular Hbond substituents is 1. The lowest BCUT2D eigenvalue weighted by Gasteiger charge is -2.46. The van der Waals surface area contributed by atoms with Crippen LogP contribution in [0.4, 0.5) is 0 Å². The Bertz CT molecular complexity index is 1040. The topological polar surface area (TPSA) is 75.5 Å². The molecule has 0 aromatic heterocycles. The predicted molar refractivity (Wildman–Crippen MR) is 128 cm³/mol. The zero-order valence-electron chi connectivity index (χ0n) is 19.6. The Morgan fingerprint density at radius 2 is 1.97 bits per heavy atom. The van der Waals surface area contributed by atoms with Crippen LogP contribution in [0.2, 0.25) is 0 Å². The van der Waals surface area contributed by atoms with Crippen LogP contribution in [0.1, 0.15) is 57.2 Å². The van der Waals surface area contributed by atoms with Crippen LogP contribution >= 0.6 is 0 Å². The van der Waals surface area contributed by atoms with Crippen LogP contribution in [0.3, 0.4) is 0 Å². The van der Waals surface area contributed by atoms with Crippen LogP contribution in [0, 0.1) is 0 Å². The van der Waals surface area contributed by atoms with E-state index in [4.69, 9.17) is 19.2 Å². The molecule has 2 aromatic rings. The molecule has 1 saturated heterocycles. The number of benzene rings is 2. The fourth-order valence-corrected chi connectivity index (χ4v) is 5.11. The Labute approximate surface area is 195 Å². The SMILES string of the molecule is CCOc1cccc([C@@H]2CC(c3ccc4c(c3)OCO4)=NC3(CCN(C(C)C)CC3)N2)c1O. The van der Waals surface area contributed by atoms with Crippen LogP contribution in [-0.2, 0) is 0 Å². The van der Waals surface area contributed by atoms with Gasteiger partial charge in [0.2, 0.25) is 6.79 Å². The minimum Gasteiger partial charge on any atom is -0.504 e. The van der Waals surface area contributed by atoms with E-state index in [9.17, 15) is 5.11 Å². The minimum absolute atomic E-state index is 0.0751. The number of hydrogen-bond acceptors (Lipinski definition) is 7. The van der Waals surface area contributed by atoms with Gasteiger partial charge >= 0.3 is 0 Å². The number of fused-ring (bicyclic) bond motifs is 1. The molecule has 2 N–H and O–H groups in total. The van der Waals surface area contributed by atoms with Gasteiger partial charge in [0.05, 0.1) is 6.61 Å². The second kappa shape index (κ2) is 8.88. The highest BCUT2D eigenvalue weighted by Gasteiger charge is 2.41. The van der Waals surface area contributed by atoms with Crippen molar-refractivity contribution < 1.29 is 19.3 Å². The normalized spacial score (nSPS) is 21.9. The largest absolute Gasteiger partial charge is 0.504 e. The maximum absolute atomic E-state index is 11.0. The monoisotopic (exact) mass is 451 g/mol. The molecule has 7 heteroatoms. The number of phenols is 1. The van der Waals surface area contributed by atoms with E-state index in [1.54, 1.807) is 0 Å². The molecule has 7 nitrogen and oxygen atoms in total. The van der Waals surface area contributed by atoms with Crippen molar-refractivity contribution in [2.75, 3.05) is 26.5 Å². The zero-order chi connectivity index (χ0) is 23.0. The van der Waals surface area contributed by atoms with Gasteiger partial charge in [-0.3, -0.25) is 10.3 Å². The van der Waals surface area contributed by atoms with Crippen LogP contribution in [0.5, 0.6) is 23.0 Å². The van der Waals surface area contributed by atoms with E-state index < -0.39 is 0 Å². The van der Waals surface area contributed by atoms with Gasteiger partial charge in [-0.1, -0.05) is 12.1 Å². The number of nitrogens with zero attached hydrogens (tertiary/aromatic N) is 2. The Hall–Kier alpha value is -2.77. The first kappa shape index (κ1) is 22.0. The summed E-state index contributed by atoms with van der Waals surface area (Å²) >= 11 is 0. The number of para-hydroxylation sites is 1. The van der Waals surface area contributed by atoms with Crippen molar-refractivity contribution in [2.45, 2.75) is 57.8 Å². The predicted octanol–water partition coefficient (Wildman–Crippen LogP) is 4.24. The smallest absolute Gasteiger partial charge is 0.231 e. The van der Waals surface area contributed by atoms with E-state index >= 15 is 0 Å². The number of likely N-dealkylation sites (tertiary alicyclic amines) is 1. The second-order valence-electron chi connectivity index (χ2n) is 9.32. The molecule has 3 aliphatic rings. The van der Waals surface area contributed by atoms with Gasteiger partial charge < -0.3 is 24.2 Å². The number of ether oxygens (including phenoxy) is 3. The van der Waals surface area contributed by atoms with Crippen LogP contribution in [0.25, 0.3) is 0 Å². The number of hydrogen-bond donors (Lipinski definition) is 2. The third kappa shape index (κ3) is 4.27. The molecule has 1 fully saturated rings. The summed E-state index contributed by atoms with van der Waals surface area (Å²) in [6, 6.07) is 12.2. The molecule has 0 aliphatic carbocycles. The van der Waals surface area contributed by atoms with Gasteiger partial charge in [-0.2, -0.15) is 0 Å². The lowest BCUT2D eigenvalue weighted by molar-refractivity contribution is 0.103. The van der Waals surface area contributed by atoms with Gasteiger partial charge in [-0.15, -0.1) is 0 Å². The molecule has 2 aromatic carbocycles. The fourth-order valence-electron chi connectivity index (χ4n) is 5.11. The highest BCUT2D eigenvalue weighted by Crippen LogP contribution is 2.42. The molecule has 176 valence electrons. The first-order valence-electron chi connectivity index (χ1n) is 11.9. The molecule has 0 unspecified atom stereocenters. The summed E-state index contributed by atoms with van der Waals surface area (Å²) in [7, 11) is 0. The van der Waals surface area contributed by atoms with E-state index in [0.29, 0.717) is 24.8 Å². The maximum Gasteiger partial charge on any atom is 0.231 e. The van der Waals surface area contributed by atoms with E-state index in [0.717, 1.165) is 54.3 Å². The summed E-state index contributed by atoms with van der Waals surface area (Å²) in [5.74, 6) is 2.26. The van der Waals surface area contributed by atoms with E-state index in [1.807, 2.05) is 37.3 Å². The molecule has 3 aliphatic heterocycles. The highest BCUT2D eigenvalue weighted by molar-refractivity contribution is 6.02. The minimum atomic E-state index is -0.367. The first-order chi connectivity index (χ1) is 16.0. The maximum atomic E-state index is 11.0. The summed E-state index contributed by atoms with van der Waals surface area (Å²) in [6.45, 7) is 9.14. The van der Waals surface area contributed by atoms with Crippen molar-refractivity contribution in [3.05, 3.63) is 47.5 Å². The lowest BCUT2D eigenvalue weighted by atomic mass is 9.87. The molecule has 1 spiro atoms. The molecule has 1 atom stereocenters. The number of rotatable bonds is 5. The summed E-state index contributed by atoms with van der Waals surface area (Å²) in [6.07, 6.45) is 2.50. The highest BCUT2D eigenvalue weighted by atomic mass is 16.7. The van der Waals surface area contributed by atoms with Gasteiger partial charge in [0.1, 0.15) is 5.66 Å². The molecule has 0 saturated carbocycles. The Kier molecular flexibility index (Phi) is 5.93. The first-order valence-corrected chi connectivity index (χ1v) is 11.9. The van der Waals surface area contributed by atoms with Crippen molar-refractivity contribution in [3.8, 4) is 23.0 Å². The molecule has 0 amide bonds. The fraction of sp³-hybridized carbons (Fsp3) is 0.500. The van der Waals surface area contributed by atoms with Gasteiger partial charge in [-0.25, -0.2) is 0 Å². The summed E-state index contributed by atoms with van der Waals surface area (Å²) < 4.78 is 16.8. The van der Waals surface area contributed by atoms with Crippen molar-refractivity contribution in [3.63, 3.8) is 0 Å². The van der Waals surface area contributed by atoms with Crippen LogP contribution in [-0.4, -0.2) is 53.9 Å². The van der Waals surface area contributed by atoms with Crippen molar-refractivity contribution >= 4 is 5.71 Å². The third-order valence-corrected chi connectivity index (χ3v) is 6.96. The van der Waals surface area contributed by atoms with Crippen molar-refractivity contribution in [2.24, 2.45) is 4.99 Å². The average molecular weight is 452 g/mol. The molecule has 0 radical (unpaired) electrons. The Morgan fingerprint density at radius 3 is 2.73 bits per heavy atom. The standard InChI is InChI=1S/C26H33N3O4/c1-4-31-23-7-5-6-19(25(23)30)21-15-20(18-8-9-22-24(14-18)33-16-32-22)27-26(28-21)10-12-29(13-11-26)17(2)3/h5-9,14,17,21,28,30H,4,10-13,15-16H2,1-3H3/t21-/m0/s1. The Balaban J connectivity index is 1.51. The summed E-state index contributed by atoms with van der Waals surface area (Å²) in [4.78, 5) is 7.80. The van der Waals surface area contributed by atoms with Crippen molar-refractivity contribution in [1.29, 1.82) is 0 Å². The Morgan fingerprint density at radius 1 is 1.18 bits per heavy atom. The second-order valence-corrected chi connectivity index (χ2v) is 9.32.